The molecule has 0 amide bonds. The zero-order valence-electron chi connectivity index (χ0n) is 4.61. The Kier molecular flexibility index (Phi) is 1.69. The first-order valence-corrected chi connectivity index (χ1v) is 2.79. The Morgan fingerprint density at radius 1 is 1.67 bits per heavy atom. The Bertz CT molecular complexity index is 209. The second-order valence-corrected chi connectivity index (χ2v) is 1.91. The first-order valence-electron chi connectivity index (χ1n) is 2.38. The molecule has 1 aromatic rings. The second kappa shape index (κ2) is 2.50. The van der Waals surface area contributed by atoms with Crippen LogP contribution in [0.15, 0.2) is 18.3 Å². The largest absolute Gasteiger partial charge is 0.388 e. The fourth-order valence-corrected chi connectivity index (χ4v) is 0.542. The van der Waals surface area contributed by atoms with Crippen LogP contribution < -0.4 is 5.73 Å². The van der Waals surface area contributed by atoms with Crippen molar-refractivity contribution >= 4 is 17.2 Å². The van der Waals surface area contributed by atoms with Gasteiger partial charge in [-0.2, -0.15) is 5.10 Å². The van der Waals surface area contributed by atoms with Crippen molar-refractivity contribution in [1.29, 1.82) is 0 Å². The van der Waals surface area contributed by atoms with Crippen LogP contribution in [0.4, 0.5) is 0 Å². The van der Waals surface area contributed by atoms with Crippen LogP contribution in [0.25, 0.3) is 0 Å². The molecule has 4 heteroatoms. The second-order valence-electron chi connectivity index (χ2n) is 1.47. The molecule has 0 unspecified atom stereocenters. The molecule has 0 bridgehead atoms. The van der Waals surface area contributed by atoms with Crippen molar-refractivity contribution in [2.45, 2.75) is 0 Å². The minimum atomic E-state index is 0.281. The Labute approximate surface area is 57.9 Å². The standard InChI is InChI=1S/C5H5N3S/c6-5(9)4-2-1-3-7-8-4/h1-3H,(H2,6,9). The molecule has 0 radical (unpaired) electrons. The number of nitrogens with two attached hydrogens (primary N) is 1. The molecule has 1 rings (SSSR count). The Morgan fingerprint density at radius 2 is 2.44 bits per heavy atom. The fraction of sp³-hybridized carbons (Fsp3) is 0. The summed E-state index contributed by atoms with van der Waals surface area (Å²) in [4.78, 5) is 0.281. The summed E-state index contributed by atoms with van der Waals surface area (Å²) in [6, 6.07) is 3.46. The average Bonchev–Trinajstić information content (AvgIpc) is 1.90. The molecule has 1 aromatic heterocycles. The van der Waals surface area contributed by atoms with Gasteiger partial charge in [-0.3, -0.25) is 0 Å². The minimum Gasteiger partial charge on any atom is -0.388 e. The quantitative estimate of drug-likeness (QED) is 0.561. The molecule has 1 heterocycles. The topological polar surface area (TPSA) is 51.8 Å². The highest BCUT2D eigenvalue weighted by molar-refractivity contribution is 7.80. The van der Waals surface area contributed by atoms with Gasteiger partial charge in [0.2, 0.25) is 0 Å². The summed E-state index contributed by atoms with van der Waals surface area (Å²) in [7, 11) is 0. The molecule has 0 aliphatic rings. The molecule has 0 saturated carbocycles. The number of aromatic nitrogens is 2. The van der Waals surface area contributed by atoms with Gasteiger partial charge in [0.1, 0.15) is 10.7 Å². The first-order chi connectivity index (χ1) is 4.30. The van der Waals surface area contributed by atoms with Gasteiger partial charge in [0, 0.05) is 6.20 Å². The van der Waals surface area contributed by atoms with Gasteiger partial charge in [0.05, 0.1) is 0 Å². The molecule has 46 valence electrons. The highest BCUT2D eigenvalue weighted by Gasteiger charge is 1.92. The normalized spacial score (nSPS) is 8.89. The summed E-state index contributed by atoms with van der Waals surface area (Å²) < 4.78 is 0. The van der Waals surface area contributed by atoms with Crippen LogP contribution in [-0.4, -0.2) is 15.2 Å². The number of hydrogen-bond donors (Lipinski definition) is 1. The lowest BCUT2D eigenvalue weighted by molar-refractivity contribution is 1.02. The van der Waals surface area contributed by atoms with Crippen LogP contribution in [0.2, 0.25) is 0 Å². The maximum absolute atomic E-state index is 5.24. The molecule has 0 atom stereocenters. The van der Waals surface area contributed by atoms with Crippen LogP contribution in [0.1, 0.15) is 5.69 Å². The van der Waals surface area contributed by atoms with Crippen molar-refractivity contribution in [2.75, 3.05) is 0 Å². The molecule has 0 aliphatic carbocycles. The predicted octanol–water partition coefficient (Wildman–Crippen LogP) is 0.111. The van der Waals surface area contributed by atoms with Crippen LogP contribution in [-0.2, 0) is 0 Å². The van der Waals surface area contributed by atoms with E-state index in [0.29, 0.717) is 5.69 Å². The fourth-order valence-electron chi connectivity index (χ4n) is 0.433. The number of rotatable bonds is 1. The monoisotopic (exact) mass is 139 g/mol. The van der Waals surface area contributed by atoms with Gasteiger partial charge >= 0.3 is 0 Å². The van der Waals surface area contributed by atoms with E-state index in [2.05, 4.69) is 22.4 Å². The van der Waals surface area contributed by atoms with E-state index in [0.717, 1.165) is 0 Å². The van der Waals surface area contributed by atoms with Gasteiger partial charge in [-0.05, 0) is 12.1 Å². The molecule has 0 saturated heterocycles. The molecule has 0 aliphatic heterocycles. The molecular weight excluding hydrogens is 134 g/mol. The maximum Gasteiger partial charge on any atom is 0.124 e. The van der Waals surface area contributed by atoms with E-state index in [-0.39, 0.29) is 4.99 Å². The third-order valence-corrected chi connectivity index (χ3v) is 1.03. The van der Waals surface area contributed by atoms with Gasteiger partial charge in [-0.15, -0.1) is 5.10 Å². The van der Waals surface area contributed by atoms with Crippen LogP contribution in [0.5, 0.6) is 0 Å². The van der Waals surface area contributed by atoms with E-state index in [1.807, 2.05) is 0 Å². The van der Waals surface area contributed by atoms with Crippen molar-refractivity contribution < 1.29 is 0 Å². The van der Waals surface area contributed by atoms with Crippen molar-refractivity contribution in [1.82, 2.24) is 10.2 Å². The zero-order chi connectivity index (χ0) is 6.69. The molecule has 3 nitrogen and oxygen atoms in total. The molecule has 9 heavy (non-hydrogen) atoms. The minimum absolute atomic E-state index is 0.281. The Morgan fingerprint density at radius 3 is 2.78 bits per heavy atom. The summed E-state index contributed by atoms with van der Waals surface area (Å²) in [6.07, 6.45) is 1.57. The SMILES string of the molecule is NC(=S)c1cccnn1. The van der Waals surface area contributed by atoms with Crippen molar-refractivity contribution in [3.8, 4) is 0 Å². The van der Waals surface area contributed by atoms with E-state index in [1.54, 1.807) is 18.3 Å². The summed E-state index contributed by atoms with van der Waals surface area (Å²) in [6.45, 7) is 0. The predicted molar refractivity (Wildman–Crippen MR) is 37.9 cm³/mol. The highest BCUT2D eigenvalue weighted by atomic mass is 32.1. The highest BCUT2D eigenvalue weighted by Crippen LogP contribution is 1.88. The van der Waals surface area contributed by atoms with E-state index in [1.165, 1.54) is 0 Å². The molecule has 0 spiro atoms. The third-order valence-electron chi connectivity index (χ3n) is 0.825. The molecule has 2 N–H and O–H groups in total. The number of hydrogen-bond acceptors (Lipinski definition) is 3. The molecular formula is C5H5N3S. The van der Waals surface area contributed by atoms with E-state index < -0.39 is 0 Å². The van der Waals surface area contributed by atoms with Crippen molar-refractivity contribution in [3.63, 3.8) is 0 Å². The lowest BCUT2D eigenvalue weighted by Gasteiger charge is -1.90. The van der Waals surface area contributed by atoms with E-state index in [4.69, 9.17) is 5.73 Å². The smallest absolute Gasteiger partial charge is 0.124 e. The summed E-state index contributed by atoms with van der Waals surface area (Å²) in [5, 5.41) is 7.25. The van der Waals surface area contributed by atoms with Crippen molar-refractivity contribution in [2.24, 2.45) is 5.73 Å². The maximum atomic E-state index is 5.24. The van der Waals surface area contributed by atoms with E-state index >= 15 is 0 Å². The summed E-state index contributed by atoms with van der Waals surface area (Å²) >= 11 is 4.64. The Balaban J connectivity index is 2.98. The van der Waals surface area contributed by atoms with Gasteiger partial charge in [-0.1, -0.05) is 12.2 Å². The van der Waals surface area contributed by atoms with E-state index in [9.17, 15) is 0 Å². The number of nitrogens with zero attached hydrogens (tertiary/aromatic N) is 2. The first kappa shape index (κ1) is 6.10. The van der Waals surface area contributed by atoms with Gasteiger partial charge in [0.25, 0.3) is 0 Å². The third kappa shape index (κ3) is 1.43. The lowest BCUT2D eigenvalue weighted by Crippen LogP contribution is -2.11. The summed E-state index contributed by atoms with van der Waals surface area (Å²) in [5.41, 5.74) is 5.81. The van der Waals surface area contributed by atoms with Crippen LogP contribution in [0.3, 0.4) is 0 Å². The lowest BCUT2D eigenvalue weighted by atomic mass is 10.4. The molecule has 0 fully saturated rings. The Hall–Kier alpha value is -1.03. The molecule has 0 aromatic carbocycles. The van der Waals surface area contributed by atoms with Crippen LogP contribution in [0, 0.1) is 0 Å². The number of thiocarbonyl (C=S) groups is 1. The zero-order valence-corrected chi connectivity index (χ0v) is 5.43. The summed E-state index contributed by atoms with van der Waals surface area (Å²) in [5.74, 6) is 0. The van der Waals surface area contributed by atoms with Gasteiger partial charge in [-0.25, -0.2) is 0 Å². The van der Waals surface area contributed by atoms with Crippen LogP contribution >= 0.6 is 12.2 Å². The van der Waals surface area contributed by atoms with Gasteiger partial charge in [0.15, 0.2) is 0 Å². The van der Waals surface area contributed by atoms with Gasteiger partial charge < -0.3 is 5.73 Å². The van der Waals surface area contributed by atoms with Crippen molar-refractivity contribution in [3.05, 3.63) is 24.0 Å². The average molecular weight is 139 g/mol.